The van der Waals surface area contributed by atoms with E-state index in [4.69, 9.17) is 4.74 Å². The molecule has 0 bridgehead atoms. The molecule has 0 unspecified atom stereocenters. The second-order valence-corrected chi connectivity index (χ2v) is 5.56. The quantitative estimate of drug-likeness (QED) is 0.672. The number of unbranched alkanes of at least 4 members (excludes halogenated alkanes) is 1. The van der Waals surface area contributed by atoms with Gasteiger partial charge in [0.15, 0.2) is 0 Å². The van der Waals surface area contributed by atoms with Crippen LogP contribution >= 0.6 is 0 Å². The van der Waals surface area contributed by atoms with Gasteiger partial charge in [-0.25, -0.2) is 0 Å². The van der Waals surface area contributed by atoms with E-state index in [1.807, 2.05) is 42.5 Å². The minimum atomic E-state index is -0.160. The smallest absolute Gasteiger partial charge is 0.255 e. The van der Waals surface area contributed by atoms with E-state index < -0.39 is 0 Å². The molecule has 0 saturated heterocycles. The van der Waals surface area contributed by atoms with Crippen molar-refractivity contribution in [3.8, 4) is 5.75 Å². The molecule has 1 aromatic heterocycles. The van der Waals surface area contributed by atoms with E-state index >= 15 is 0 Å². The van der Waals surface area contributed by atoms with E-state index in [1.165, 1.54) is 0 Å². The first-order valence-corrected chi connectivity index (χ1v) is 8.16. The fraction of sp³-hybridized carbons (Fsp3) is 0.200. The van der Waals surface area contributed by atoms with Gasteiger partial charge in [-0.05, 0) is 48.9 Å². The standard InChI is InChI=1S/C20H20N2O2/c1-2-3-13-24-16-8-4-7-15(14-16)20(23)22-19-11-5-10-18-17(19)9-6-12-21-18/h4-12,14H,2-3,13H2,1H3,(H,22,23). The van der Waals surface area contributed by atoms with Crippen molar-refractivity contribution in [1.82, 2.24) is 4.98 Å². The molecule has 0 radical (unpaired) electrons. The number of benzene rings is 2. The number of fused-ring (bicyclic) bond motifs is 1. The first-order chi connectivity index (χ1) is 11.8. The van der Waals surface area contributed by atoms with Crippen LogP contribution < -0.4 is 10.1 Å². The molecule has 24 heavy (non-hydrogen) atoms. The van der Waals surface area contributed by atoms with Crippen LogP contribution in [0.25, 0.3) is 10.9 Å². The molecule has 0 aliphatic carbocycles. The minimum absolute atomic E-state index is 0.160. The summed E-state index contributed by atoms with van der Waals surface area (Å²) in [7, 11) is 0. The van der Waals surface area contributed by atoms with Gasteiger partial charge in [-0.3, -0.25) is 9.78 Å². The van der Waals surface area contributed by atoms with Gasteiger partial charge < -0.3 is 10.1 Å². The normalized spacial score (nSPS) is 10.5. The summed E-state index contributed by atoms with van der Waals surface area (Å²) in [5.74, 6) is 0.558. The number of carbonyl (C=O) groups excluding carboxylic acids is 1. The predicted molar refractivity (Wildman–Crippen MR) is 96.5 cm³/mol. The van der Waals surface area contributed by atoms with Crippen molar-refractivity contribution in [2.24, 2.45) is 0 Å². The summed E-state index contributed by atoms with van der Waals surface area (Å²) in [6, 6.07) is 16.8. The first kappa shape index (κ1) is 16.0. The molecule has 1 N–H and O–H groups in total. The Morgan fingerprint density at radius 2 is 2.00 bits per heavy atom. The topological polar surface area (TPSA) is 51.2 Å². The maximum atomic E-state index is 12.6. The van der Waals surface area contributed by atoms with Crippen molar-refractivity contribution >= 4 is 22.5 Å². The predicted octanol–water partition coefficient (Wildman–Crippen LogP) is 4.67. The van der Waals surface area contributed by atoms with Crippen LogP contribution in [0.2, 0.25) is 0 Å². The number of nitrogens with zero attached hydrogens (tertiary/aromatic N) is 1. The number of amides is 1. The number of rotatable bonds is 6. The fourth-order valence-corrected chi connectivity index (χ4v) is 2.47. The molecule has 0 aliphatic rings. The average molecular weight is 320 g/mol. The lowest BCUT2D eigenvalue weighted by molar-refractivity contribution is 0.102. The van der Waals surface area contributed by atoms with E-state index in [2.05, 4.69) is 17.2 Å². The number of carbonyl (C=O) groups is 1. The van der Waals surface area contributed by atoms with Crippen LogP contribution in [0, 0.1) is 0 Å². The number of pyridine rings is 1. The van der Waals surface area contributed by atoms with Gasteiger partial charge in [0.25, 0.3) is 5.91 Å². The molecule has 0 atom stereocenters. The average Bonchev–Trinajstić information content (AvgIpc) is 2.62. The van der Waals surface area contributed by atoms with Crippen molar-refractivity contribution in [3.05, 3.63) is 66.4 Å². The van der Waals surface area contributed by atoms with E-state index in [0.29, 0.717) is 12.2 Å². The van der Waals surface area contributed by atoms with Crippen molar-refractivity contribution in [1.29, 1.82) is 0 Å². The molecule has 2 aromatic carbocycles. The van der Waals surface area contributed by atoms with Gasteiger partial charge in [0.2, 0.25) is 0 Å². The molecule has 3 rings (SSSR count). The van der Waals surface area contributed by atoms with E-state index in [9.17, 15) is 4.79 Å². The van der Waals surface area contributed by atoms with Crippen LogP contribution in [-0.4, -0.2) is 17.5 Å². The Morgan fingerprint density at radius 3 is 2.88 bits per heavy atom. The SMILES string of the molecule is CCCCOc1cccc(C(=O)Nc2cccc3ncccc23)c1. The molecule has 3 aromatic rings. The highest BCUT2D eigenvalue weighted by atomic mass is 16.5. The minimum Gasteiger partial charge on any atom is -0.494 e. The third-order valence-electron chi connectivity index (χ3n) is 3.76. The van der Waals surface area contributed by atoms with Crippen molar-refractivity contribution in [2.45, 2.75) is 19.8 Å². The lowest BCUT2D eigenvalue weighted by Gasteiger charge is -2.10. The van der Waals surface area contributed by atoms with Gasteiger partial charge in [-0.15, -0.1) is 0 Å². The third-order valence-corrected chi connectivity index (χ3v) is 3.76. The first-order valence-electron chi connectivity index (χ1n) is 8.16. The highest BCUT2D eigenvalue weighted by Crippen LogP contribution is 2.22. The summed E-state index contributed by atoms with van der Waals surface area (Å²) in [4.78, 5) is 16.9. The number of anilines is 1. The highest BCUT2D eigenvalue weighted by Gasteiger charge is 2.09. The summed E-state index contributed by atoms with van der Waals surface area (Å²) < 4.78 is 5.67. The Morgan fingerprint density at radius 1 is 1.12 bits per heavy atom. The molecular weight excluding hydrogens is 300 g/mol. The van der Waals surface area contributed by atoms with Gasteiger partial charge in [0.1, 0.15) is 5.75 Å². The number of hydrogen-bond donors (Lipinski definition) is 1. The van der Waals surface area contributed by atoms with Gasteiger partial charge in [-0.2, -0.15) is 0 Å². The fourth-order valence-electron chi connectivity index (χ4n) is 2.47. The Balaban J connectivity index is 1.78. The maximum absolute atomic E-state index is 12.6. The van der Waals surface area contributed by atoms with E-state index in [1.54, 1.807) is 18.3 Å². The Labute approximate surface area is 141 Å². The number of aromatic nitrogens is 1. The zero-order valence-electron chi connectivity index (χ0n) is 13.7. The second-order valence-electron chi connectivity index (χ2n) is 5.56. The van der Waals surface area contributed by atoms with Gasteiger partial charge in [0.05, 0.1) is 17.8 Å². The van der Waals surface area contributed by atoms with E-state index in [-0.39, 0.29) is 5.91 Å². The largest absolute Gasteiger partial charge is 0.494 e. The summed E-state index contributed by atoms with van der Waals surface area (Å²) in [6.45, 7) is 2.78. The zero-order chi connectivity index (χ0) is 16.8. The molecule has 0 saturated carbocycles. The van der Waals surface area contributed by atoms with Crippen LogP contribution in [0.1, 0.15) is 30.1 Å². The lowest BCUT2D eigenvalue weighted by atomic mass is 10.1. The Hall–Kier alpha value is -2.88. The number of ether oxygens (including phenoxy) is 1. The van der Waals surface area contributed by atoms with Crippen LogP contribution in [0.15, 0.2) is 60.8 Å². The lowest BCUT2D eigenvalue weighted by Crippen LogP contribution is -2.12. The van der Waals surface area contributed by atoms with Gasteiger partial charge >= 0.3 is 0 Å². The zero-order valence-corrected chi connectivity index (χ0v) is 13.7. The Bertz CT molecular complexity index is 840. The molecule has 0 fully saturated rings. The molecule has 4 nitrogen and oxygen atoms in total. The van der Waals surface area contributed by atoms with Gasteiger partial charge in [0, 0.05) is 17.1 Å². The second kappa shape index (κ2) is 7.59. The molecule has 1 heterocycles. The van der Waals surface area contributed by atoms with Crippen LogP contribution in [-0.2, 0) is 0 Å². The summed E-state index contributed by atoms with van der Waals surface area (Å²) in [5.41, 5.74) is 2.18. The highest BCUT2D eigenvalue weighted by molar-refractivity contribution is 6.08. The molecule has 4 heteroatoms. The molecule has 0 spiro atoms. The third kappa shape index (κ3) is 3.71. The van der Waals surface area contributed by atoms with Crippen LogP contribution in [0.5, 0.6) is 5.75 Å². The monoisotopic (exact) mass is 320 g/mol. The van der Waals surface area contributed by atoms with Crippen molar-refractivity contribution < 1.29 is 9.53 Å². The summed E-state index contributed by atoms with van der Waals surface area (Å²) >= 11 is 0. The summed E-state index contributed by atoms with van der Waals surface area (Å²) in [5, 5.41) is 3.88. The van der Waals surface area contributed by atoms with Gasteiger partial charge in [-0.1, -0.05) is 25.5 Å². The molecule has 1 amide bonds. The van der Waals surface area contributed by atoms with Crippen molar-refractivity contribution in [2.75, 3.05) is 11.9 Å². The molecular formula is C20H20N2O2. The molecule has 122 valence electrons. The molecule has 0 aliphatic heterocycles. The number of hydrogen-bond acceptors (Lipinski definition) is 3. The van der Waals surface area contributed by atoms with Crippen LogP contribution in [0.3, 0.4) is 0 Å². The summed E-state index contributed by atoms with van der Waals surface area (Å²) in [6.07, 6.45) is 3.82. The van der Waals surface area contributed by atoms with E-state index in [0.717, 1.165) is 35.2 Å². The number of nitrogens with one attached hydrogen (secondary N) is 1. The van der Waals surface area contributed by atoms with Crippen LogP contribution in [0.4, 0.5) is 5.69 Å². The Kier molecular flexibility index (Phi) is 5.06. The maximum Gasteiger partial charge on any atom is 0.255 e. The van der Waals surface area contributed by atoms with Crippen molar-refractivity contribution in [3.63, 3.8) is 0 Å².